The monoisotopic (exact) mass is 251 g/mol. The Bertz CT molecular complexity index is 277. The lowest BCUT2D eigenvalue weighted by atomic mass is 9.86. The largest absolute Gasteiger partial charge is 0.375 e. The zero-order valence-corrected chi connectivity index (χ0v) is 12.0. The Morgan fingerprint density at radius 3 is 2.44 bits per heavy atom. The molecule has 1 spiro atoms. The van der Waals surface area contributed by atoms with Crippen LogP contribution in [0.1, 0.15) is 71.1 Å². The van der Waals surface area contributed by atoms with E-state index >= 15 is 0 Å². The first kappa shape index (κ1) is 12.9. The highest BCUT2D eigenvalue weighted by molar-refractivity contribution is 4.94. The van der Waals surface area contributed by atoms with Crippen molar-refractivity contribution in [3.63, 3.8) is 0 Å². The first-order valence-corrected chi connectivity index (χ1v) is 8.07. The minimum atomic E-state index is 0.270. The molecule has 0 aromatic carbocycles. The lowest BCUT2D eigenvalue weighted by Gasteiger charge is -2.40. The average molecular weight is 251 g/mol. The molecular weight excluding hydrogens is 222 g/mol. The Morgan fingerprint density at radius 2 is 1.72 bits per heavy atom. The smallest absolute Gasteiger partial charge is 0.0697 e. The standard InChI is InChI=1S/C16H29NO/c1-15(7-2-3-8-15)13-17-14-6-11-18-16(12-14)9-4-5-10-16/h14,17H,2-13H2,1H3. The van der Waals surface area contributed by atoms with E-state index in [9.17, 15) is 0 Å². The zero-order chi connectivity index (χ0) is 12.5. The predicted octanol–water partition coefficient (Wildman–Crippen LogP) is 3.65. The first-order valence-electron chi connectivity index (χ1n) is 8.07. The van der Waals surface area contributed by atoms with Gasteiger partial charge in [-0.3, -0.25) is 0 Å². The molecule has 0 radical (unpaired) electrons. The van der Waals surface area contributed by atoms with Crippen LogP contribution in [0.2, 0.25) is 0 Å². The highest BCUT2D eigenvalue weighted by Gasteiger charge is 2.40. The van der Waals surface area contributed by atoms with Gasteiger partial charge in [-0.2, -0.15) is 0 Å². The predicted molar refractivity (Wildman–Crippen MR) is 74.8 cm³/mol. The maximum Gasteiger partial charge on any atom is 0.0697 e. The van der Waals surface area contributed by atoms with Gasteiger partial charge in [0.05, 0.1) is 5.60 Å². The fraction of sp³-hybridized carbons (Fsp3) is 1.00. The summed E-state index contributed by atoms with van der Waals surface area (Å²) in [5, 5.41) is 3.88. The second-order valence-corrected chi connectivity index (χ2v) is 7.33. The molecule has 2 aliphatic carbocycles. The minimum Gasteiger partial charge on any atom is -0.375 e. The fourth-order valence-electron chi connectivity index (χ4n) is 4.37. The summed E-state index contributed by atoms with van der Waals surface area (Å²) in [6.07, 6.45) is 13.6. The number of rotatable bonds is 3. The molecule has 3 rings (SSSR count). The molecular formula is C16H29NO. The van der Waals surface area contributed by atoms with Gasteiger partial charge in [-0.05, 0) is 43.9 Å². The molecule has 3 aliphatic rings. The summed E-state index contributed by atoms with van der Waals surface area (Å²) in [4.78, 5) is 0. The van der Waals surface area contributed by atoms with Crippen LogP contribution in [0.4, 0.5) is 0 Å². The molecule has 1 heterocycles. The van der Waals surface area contributed by atoms with Crippen molar-refractivity contribution in [1.82, 2.24) is 5.32 Å². The van der Waals surface area contributed by atoms with Crippen LogP contribution in [0.15, 0.2) is 0 Å². The maximum absolute atomic E-state index is 6.11. The molecule has 0 bridgehead atoms. The second-order valence-electron chi connectivity index (χ2n) is 7.33. The Labute approximate surface area is 112 Å². The lowest BCUT2D eigenvalue weighted by Crippen LogP contribution is -2.47. The van der Waals surface area contributed by atoms with Gasteiger partial charge in [0.15, 0.2) is 0 Å². The third-order valence-corrected chi connectivity index (χ3v) is 5.64. The summed E-state index contributed by atoms with van der Waals surface area (Å²) in [6.45, 7) is 4.68. The Kier molecular flexibility index (Phi) is 3.68. The van der Waals surface area contributed by atoms with Crippen LogP contribution in [0.5, 0.6) is 0 Å². The molecule has 3 fully saturated rings. The molecule has 2 heteroatoms. The molecule has 104 valence electrons. The van der Waals surface area contributed by atoms with Crippen molar-refractivity contribution >= 4 is 0 Å². The molecule has 1 aliphatic heterocycles. The molecule has 0 aromatic rings. The van der Waals surface area contributed by atoms with Crippen molar-refractivity contribution in [2.75, 3.05) is 13.2 Å². The van der Waals surface area contributed by atoms with Gasteiger partial charge >= 0.3 is 0 Å². The molecule has 1 N–H and O–H groups in total. The van der Waals surface area contributed by atoms with Gasteiger partial charge in [-0.1, -0.05) is 32.6 Å². The van der Waals surface area contributed by atoms with Crippen molar-refractivity contribution in [2.24, 2.45) is 5.41 Å². The van der Waals surface area contributed by atoms with Crippen LogP contribution in [0.3, 0.4) is 0 Å². The zero-order valence-electron chi connectivity index (χ0n) is 12.0. The SMILES string of the molecule is CC1(CNC2CCOC3(CCCC3)C2)CCCC1. The van der Waals surface area contributed by atoms with E-state index < -0.39 is 0 Å². The summed E-state index contributed by atoms with van der Waals surface area (Å²) in [6, 6.07) is 0.717. The van der Waals surface area contributed by atoms with Crippen LogP contribution in [0.25, 0.3) is 0 Å². The normalized spacial score (nSPS) is 34.2. The van der Waals surface area contributed by atoms with Gasteiger partial charge in [-0.15, -0.1) is 0 Å². The molecule has 1 unspecified atom stereocenters. The van der Waals surface area contributed by atoms with Crippen LogP contribution >= 0.6 is 0 Å². The third kappa shape index (κ3) is 2.75. The molecule has 0 amide bonds. The quantitative estimate of drug-likeness (QED) is 0.826. The maximum atomic E-state index is 6.11. The molecule has 2 saturated carbocycles. The van der Waals surface area contributed by atoms with Gasteiger partial charge in [0.2, 0.25) is 0 Å². The van der Waals surface area contributed by atoms with Crippen LogP contribution in [-0.4, -0.2) is 24.8 Å². The number of hydrogen-bond acceptors (Lipinski definition) is 2. The highest BCUT2D eigenvalue weighted by atomic mass is 16.5. The Hall–Kier alpha value is -0.0800. The van der Waals surface area contributed by atoms with Gasteiger partial charge in [-0.25, -0.2) is 0 Å². The van der Waals surface area contributed by atoms with Crippen molar-refractivity contribution in [3.05, 3.63) is 0 Å². The first-order chi connectivity index (χ1) is 8.70. The van der Waals surface area contributed by atoms with Crippen LogP contribution in [-0.2, 0) is 4.74 Å². The second kappa shape index (κ2) is 5.13. The molecule has 2 nitrogen and oxygen atoms in total. The topological polar surface area (TPSA) is 21.3 Å². The van der Waals surface area contributed by atoms with Crippen molar-refractivity contribution < 1.29 is 4.74 Å². The van der Waals surface area contributed by atoms with Gasteiger partial charge in [0, 0.05) is 19.2 Å². The molecule has 18 heavy (non-hydrogen) atoms. The van der Waals surface area contributed by atoms with Crippen molar-refractivity contribution in [1.29, 1.82) is 0 Å². The fourth-order valence-corrected chi connectivity index (χ4v) is 4.37. The van der Waals surface area contributed by atoms with E-state index in [1.807, 2.05) is 0 Å². The van der Waals surface area contributed by atoms with Gasteiger partial charge in [0.1, 0.15) is 0 Å². The summed E-state index contributed by atoms with van der Waals surface area (Å²) in [7, 11) is 0. The van der Waals surface area contributed by atoms with E-state index in [-0.39, 0.29) is 5.60 Å². The summed E-state index contributed by atoms with van der Waals surface area (Å²) >= 11 is 0. The van der Waals surface area contributed by atoms with Gasteiger partial charge < -0.3 is 10.1 Å². The van der Waals surface area contributed by atoms with Crippen LogP contribution in [0, 0.1) is 5.41 Å². The number of ether oxygens (including phenoxy) is 1. The number of nitrogens with one attached hydrogen (secondary N) is 1. The average Bonchev–Trinajstić information content (AvgIpc) is 2.98. The lowest BCUT2D eigenvalue weighted by molar-refractivity contribution is -0.0843. The van der Waals surface area contributed by atoms with Crippen molar-refractivity contribution in [3.8, 4) is 0 Å². The highest BCUT2D eigenvalue weighted by Crippen LogP contribution is 2.41. The van der Waals surface area contributed by atoms with E-state index in [0.29, 0.717) is 11.5 Å². The van der Waals surface area contributed by atoms with E-state index in [2.05, 4.69) is 12.2 Å². The Morgan fingerprint density at radius 1 is 1.06 bits per heavy atom. The van der Waals surface area contributed by atoms with E-state index in [4.69, 9.17) is 4.74 Å². The van der Waals surface area contributed by atoms with Crippen LogP contribution < -0.4 is 5.32 Å². The number of hydrogen-bond donors (Lipinski definition) is 1. The minimum absolute atomic E-state index is 0.270. The van der Waals surface area contributed by atoms with Crippen molar-refractivity contribution in [2.45, 2.75) is 82.8 Å². The molecule has 1 saturated heterocycles. The summed E-state index contributed by atoms with van der Waals surface area (Å²) in [5.41, 5.74) is 0.855. The summed E-state index contributed by atoms with van der Waals surface area (Å²) in [5.74, 6) is 0. The Balaban J connectivity index is 1.50. The molecule has 0 aromatic heterocycles. The molecule has 1 atom stereocenters. The van der Waals surface area contributed by atoms with E-state index in [0.717, 1.165) is 6.61 Å². The van der Waals surface area contributed by atoms with E-state index in [1.54, 1.807) is 0 Å². The van der Waals surface area contributed by atoms with Gasteiger partial charge in [0.25, 0.3) is 0 Å². The third-order valence-electron chi connectivity index (χ3n) is 5.64. The van der Waals surface area contributed by atoms with E-state index in [1.165, 1.54) is 70.8 Å². The summed E-state index contributed by atoms with van der Waals surface area (Å²) < 4.78 is 6.11.